The number of amides is 3. The molecular formula is C54H69N7O17. The fraction of sp³-hybridized carbons (Fsp3) is 0.574. The highest BCUT2D eigenvalue weighted by atomic mass is 16.7. The van der Waals surface area contributed by atoms with E-state index in [0.29, 0.717) is 69.5 Å². The van der Waals surface area contributed by atoms with Gasteiger partial charge in [0.2, 0.25) is 12.2 Å². The highest BCUT2D eigenvalue weighted by Gasteiger charge is 2.78. The van der Waals surface area contributed by atoms with Crippen LogP contribution in [0.2, 0.25) is 0 Å². The number of nitrogens with two attached hydrogens (primary N) is 2. The van der Waals surface area contributed by atoms with Gasteiger partial charge >= 0.3 is 35.9 Å². The third-order valence-electron chi connectivity index (χ3n) is 17.8. The average molecular weight is 1090 g/mol. The first kappa shape index (κ1) is 55.9. The van der Waals surface area contributed by atoms with Crippen LogP contribution in [0.3, 0.4) is 0 Å². The third-order valence-corrected chi connectivity index (χ3v) is 17.8. The number of nitrogens with one attached hydrogen (secondary N) is 2. The van der Waals surface area contributed by atoms with E-state index < -0.39 is 106 Å². The number of hydrogen-bond acceptors (Lipinski definition) is 20. The van der Waals surface area contributed by atoms with Crippen LogP contribution >= 0.6 is 0 Å². The number of rotatable bonds is 8. The summed E-state index contributed by atoms with van der Waals surface area (Å²) in [6.45, 7) is 9.62. The van der Waals surface area contributed by atoms with E-state index in [1.807, 2.05) is 62.2 Å². The van der Waals surface area contributed by atoms with Crippen molar-refractivity contribution >= 4 is 58.4 Å². The second-order valence-electron chi connectivity index (χ2n) is 21.8. The van der Waals surface area contributed by atoms with E-state index in [9.17, 15) is 44.1 Å². The van der Waals surface area contributed by atoms with Gasteiger partial charge in [-0.2, -0.15) is 0 Å². The highest BCUT2D eigenvalue weighted by Crippen LogP contribution is 2.67. The normalized spacial score (nSPS) is 35.6. The van der Waals surface area contributed by atoms with Crippen LogP contribution in [0.4, 0.5) is 10.5 Å². The van der Waals surface area contributed by atoms with Crippen molar-refractivity contribution in [2.75, 3.05) is 58.9 Å². The number of hydroxylamine groups is 1. The molecule has 7 aliphatic heterocycles. The van der Waals surface area contributed by atoms with Gasteiger partial charge in [0.25, 0.3) is 5.91 Å². The summed E-state index contributed by atoms with van der Waals surface area (Å²) in [4.78, 5) is 93.0. The lowest BCUT2D eigenvalue weighted by Crippen LogP contribution is -2.81. The fourth-order valence-corrected chi connectivity index (χ4v) is 14.9. The molecule has 1 aromatic heterocycles. The number of esters is 5. The Morgan fingerprint density at radius 2 is 1.54 bits per heavy atom. The molecule has 1 spiro atoms. The van der Waals surface area contributed by atoms with Crippen molar-refractivity contribution in [1.29, 1.82) is 0 Å². The molecule has 1 unspecified atom stereocenters. The van der Waals surface area contributed by atoms with E-state index in [2.05, 4.69) is 32.7 Å². The number of urea groups is 1. The molecular weight excluding hydrogens is 1020 g/mol. The molecule has 8 aliphatic rings. The SMILES string of the molecule is CC(=O)O[C@@H]1C(=O)O[C@@H]2[C@H]1OC(=O)[C@@H]2OC(C)=O.CC[C@]1(O)C[C@H]2CN(CCc3c([nH]c4ccccc34)[C@@](C(=O)OC)(c3cc4c(cc3OC)N(C)[C@H]3[C@@](O)(C(N)=O)[C@H](O)[C@]5(CC)C=CCN6CC[C@]43[C@@H]65)C2)C1.NC(=O)NO. The summed E-state index contributed by atoms with van der Waals surface area (Å²) >= 11 is 0. The standard InChI is InChI=1S/C43H55N5O7.C10H10O8.CH4N2O2/c1-6-39(52)21-25-22-42(38(51)55-5,33-27(13-17-47(23-25)24-39)26-11-8-9-12-30(26)45-33)29-19-28-31(20-32(29)54-4)46(3)35-41(28)15-18-48-16-10-14-40(7-2,34(41)48)36(49)43(35,53)37(44)50;1-3(11)15-7-5-6(18-9(7)13)8(10(14)17-5)16-4(2)12;2-1(4)3-5/h8-12,14,19-20,25,34-36,45,49,52-53H,6-7,13,15-18,21-24H2,1-5H3,(H2,44,50);5-8H,1-2H3;5H,(H3,2,3,4)/t25-,34+,35-,36-,39+,40-,41-,42+,43+;5-,6-,7-,8+;/m11./s1. The molecule has 24 nitrogen and oxygen atoms in total. The molecule has 78 heavy (non-hydrogen) atoms. The summed E-state index contributed by atoms with van der Waals surface area (Å²) in [5, 5.41) is 45.4. The van der Waals surface area contributed by atoms with Crippen molar-refractivity contribution in [1.82, 2.24) is 20.3 Å². The quantitative estimate of drug-likeness (QED) is 0.0500. The van der Waals surface area contributed by atoms with Gasteiger partial charge in [0.15, 0.2) is 17.8 Å². The number of ether oxygens (including phenoxy) is 6. The van der Waals surface area contributed by atoms with Crippen LogP contribution in [0.25, 0.3) is 10.9 Å². The Kier molecular flexibility index (Phi) is 14.6. The van der Waals surface area contributed by atoms with Crippen molar-refractivity contribution in [3.63, 3.8) is 0 Å². The van der Waals surface area contributed by atoms with E-state index in [1.165, 1.54) is 12.6 Å². The number of primary amides is 2. The van der Waals surface area contributed by atoms with E-state index in [4.69, 9.17) is 39.4 Å². The number of aliphatic hydroxyl groups is 3. The molecule has 2 bridgehead atoms. The van der Waals surface area contributed by atoms with E-state index in [1.54, 1.807) is 7.11 Å². The van der Waals surface area contributed by atoms with Gasteiger partial charge in [-0.05, 0) is 74.2 Å². The van der Waals surface area contributed by atoms with Crippen LogP contribution in [0.5, 0.6) is 5.75 Å². The Bertz CT molecular complexity index is 2930. The van der Waals surface area contributed by atoms with Crippen molar-refractivity contribution in [3.8, 4) is 5.75 Å². The lowest BCUT2D eigenvalue weighted by atomic mass is 9.47. The predicted molar refractivity (Wildman–Crippen MR) is 273 cm³/mol. The number of piperidine rings is 1. The summed E-state index contributed by atoms with van der Waals surface area (Å²) < 4.78 is 31.3. The number of anilines is 1. The number of aromatic nitrogens is 1. The van der Waals surface area contributed by atoms with Crippen LogP contribution in [0.15, 0.2) is 48.6 Å². The summed E-state index contributed by atoms with van der Waals surface area (Å²) in [5.74, 6) is -4.07. The van der Waals surface area contributed by atoms with Crippen LogP contribution in [0, 0.1) is 11.3 Å². The van der Waals surface area contributed by atoms with Gasteiger partial charge in [0.1, 0.15) is 17.3 Å². The minimum absolute atomic E-state index is 0.0790. The number of carbonyl (C=O) groups excluding carboxylic acids is 7. The zero-order chi connectivity index (χ0) is 56.6. The second-order valence-corrected chi connectivity index (χ2v) is 21.8. The van der Waals surface area contributed by atoms with Gasteiger partial charge in [0, 0.05) is 97.9 Å². The Morgan fingerprint density at radius 1 is 0.897 bits per heavy atom. The molecule has 3 aromatic rings. The number of benzene rings is 2. The molecule has 11 rings (SSSR count). The largest absolute Gasteiger partial charge is 0.496 e. The molecule has 4 saturated heterocycles. The van der Waals surface area contributed by atoms with Gasteiger partial charge < -0.3 is 65.1 Å². The molecule has 24 heteroatoms. The summed E-state index contributed by atoms with van der Waals surface area (Å²) in [5.41, 5.74) is 10.2. The number of fused-ring (bicyclic) bond motifs is 7. The maximum Gasteiger partial charge on any atom is 0.352 e. The topological polar surface area (TPSA) is 345 Å². The Balaban J connectivity index is 0.000000268. The van der Waals surface area contributed by atoms with Crippen LogP contribution < -0.4 is 26.6 Å². The average Bonchev–Trinajstić information content (AvgIpc) is 3.40. The zero-order valence-electron chi connectivity index (χ0n) is 44.6. The third kappa shape index (κ3) is 8.44. The van der Waals surface area contributed by atoms with Gasteiger partial charge in [0.05, 0.1) is 25.9 Å². The maximum atomic E-state index is 15.2. The minimum Gasteiger partial charge on any atom is -0.496 e. The first-order chi connectivity index (χ1) is 37.0. The maximum absolute atomic E-state index is 15.2. The van der Waals surface area contributed by atoms with Crippen LogP contribution in [0.1, 0.15) is 82.2 Å². The number of H-pyrrole nitrogens is 1. The molecule has 14 atom stereocenters. The number of aliphatic hydroxyl groups excluding tert-OH is 1. The highest BCUT2D eigenvalue weighted by molar-refractivity contribution is 5.95. The molecule has 3 amide bonds. The Hall–Kier alpha value is -6.83. The monoisotopic (exact) mass is 1090 g/mol. The van der Waals surface area contributed by atoms with Crippen LogP contribution in [-0.2, 0) is 69.7 Å². The smallest absolute Gasteiger partial charge is 0.352 e. The molecule has 0 radical (unpaired) electrons. The van der Waals surface area contributed by atoms with Crippen molar-refractivity contribution in [2.45, 2.75) is 131 Å². The number of para-hydroxylation sites is 1. The summed E-state index contributed by atoms with van der Waals surface area (Å²) in [6, 6.07) is 10.1. The number of aromatic amines is 1. The first-order valence-corrected chi connectivity index (χ1v) is 26.1. The number of methoxy groups -OCH3 is 2. The number of nitrogens with zero attached hydrogens (tertiary/aromatic N) is 3. The number of carbonyl (C=O) groups is 7. The van der Waals surface area contributed by atoms with Crippen LogP contribution in [-0.4, -0.2) is 185 Å². The number of hydrogen-bond donors (Lipinski definition) is 8. The van der Waals surface area contributed by atoms with E-state index in [0.717, 1.165) is 60.3 Å². The molecule has 8 heterocycles. The van der Waals surface area contributed by atoms with Gasteiger partial charge in [-0.15, -0.1) is 0 Å². The van der Waals surface area contributed by atoms with Gasteiger partial charge in [-0.3, -0.25) is 34.2 Å². The fourth-order valence-electron chi connectivity index (χ4n) is 14.9. The lowest BCUT2D eigenvalue weighted by Gasteiger charge is -2.63. The summed E-state index contributed by atoms with van der Waals surface area (Å²) in [6.07, 6.45) is 1.02. The number of likely N-dealkylation sites (N-methyl/N-ethyl adjacent to an activating group) is 1. The molecule has 1 saturated carbocycles. The lowest BCUT2D eigenvalue weighted by molar-refractivity contribution is -0.201. The molecule has 422 valence electrons. The second kappa shape index (κ2) is 20.4. The molecule has 1 aliphatic carbocycles. The molecule has 5 fully saturated rings. The minimum atomic E-state index is -2.30. The van der Waals surface area contributed by atoms with Crippen molar-refractivity contribution < 1.29 is 82.5 Å². The van der Waals surface area contributed by atoms with E-state index >= 15 is 4.79 Å². The summed E-state index contributed by atoms with van der Waals surface area (Å²) in [7, 11) is 4.89. The first-order valence-electron chi connectivity index (χ1n) is 26.1. The zero-order valence-corrected chi connectivity index (χ0v) is 44.6. The van der Waals surface area contributed by atoms with Gasteiger partial charge in [-0.25, -0.2) is 19.9 Å². The Morgan fingerprint density at radius 3 is 2.10 bits per heavy atom. The predicted octanol–water partition coefficient (Wildman–Crippen LogP) is 0.477. The van der Waals surface area contributed by atoms with Crippen molar-refractivity contribution in [3.05, 3.63) is 70.9 Å². The Labute approximate surface area is 449 Å². The van der Waals surface area contributed by atoms with E-state index in [-0.39, 0.29) is 12.0 Å². The van der Waals surface area contributed by atoms with Crippen molar-refractivity contribution in [2.24, 2.45) is 22.8 Å². The van der Waals surface area contributed by atoms with Gasteiger partial charge in [-0.1, -0.05) is 44.2 Å². The molecule has 10 N–H and O–H groups in total. The molecule has 2 aromatic carbocycles.